The van der Waals surface area contributed by atoms with Crippen LogP contribution in [0.4, 0.5) is 0 Å². The van der Waals surface area contributed by atoms with Crippen molar-refractivity contribution < 1.29 is 5.11 Å². The number of benzene rings is 1. The summed E-state index contributed by atoms with van der Waals surface area (Å²) in [6, 6.07) is 8.17. The van der Waals surface area contributed by atoms with Gasteiger partial charge in [0.1, 0.15) is 0 Å². The van der Waals surface area contributed by atoms with Crippen molar-refractivity contribution in [2.45, 2.75) is 5.16 Å². The predicted molar refractivity (Wildman–Crippen MR) is 66.2 cm³/mol. The van der Waals surface area contributed by atoms with Gasteiger partial charge in [-0.3, -0.25) is 4.40 Å². The Morgan fingerprint density at radius 1 is 1.31 bits per heavy atom. The summed E-state index contributed by atoms with van der Waals surface area (Å²) in [4.78, 5) is 0.904. The normalized spacial score (nSPS) is 11.6. The smallest absolute Gasteiger partial charge is 0.217 e. The number of thioether (sulfide) groups is 1. The van der Waals surface area contributed by atoms with Crippen LogP contribution in [0.3, 0.4) is 0 Å². The number of aliphatic hydroxyl groups excluding tert-OH is 1. The van der Waals surface area contributed by atoms with Crippen molar-refractivity contribution in [2.24, 2.45) is 0 Å². The fourth-order valence-corrected chi connectivity index (χ4v) is 3.29. The molecule has 3 aromatic rings. The van der Waals surface area contributed by atoms with Crippen LogP contribution in [-0.2, 0) is 0 Å². The average Bonchev–Trinajstić information content (AvgIpc) is 2.85. The van der Waals surface area contributed by atoms with Crippen LogP contribution in [-0.4, -0.2) is 32.1 Å². The van der Waals surface area contributed by atoms with Gasteiger partial charge < -0.3 is 5.11 Å². The molecular weight excluding hydrogens is 242 g/mol. The van der Waals surface area contributed by atoms with Gasteiger partial charge >= 0.3 is 0 Å². The summed E-state index contributed by atoms with van der Waals surface area (Å²) in [6.45, 7) is 0.154. The maximum Gasteiger partial charge on any atom is 0.217 e. The molecule has 1 N–H and O–H groups in total. The second-order valence-electron chi connectivity index (χ2n) is 3.24. The van der Waals surface area contributed by atoms with Crippen LogP contribution in [0.5, 0.6) is 0 Å². The van der Waals surface area contributed by atoms with Crippen molar-refractivity contribution in [1.82, 2.24) is 14.6 Å². The highest BCUT2D eigenvalue weighted by atomic mass is 32.2. The standard InChI is InChI=1S/C10H9N3OS2/c14-5-6-15-9-11-12-10-13(9)7-3-1-2-4-8(7)16-10/h1-4,14H,5-6H2. The van der Waals surface area contributed by atoms with E-state index in [1.807, 2.05) is 16.5 Å². The van der Waals surface area contributed by atoms with Gasteiger partial charge in [0.25, 0.3) is 0 Å². The number of nitrogens with zero attached hydrogens (tertiary/aromatic N) is 3. The van der Waals surface area contributed by atoms with Crippen molar-refractivity contribution in [1.29, 1.82) is 0 Å². The van der Waals surface area contributed by atoms with Crippen LogP contribution < -0.4 is 0 Å². The number of aliphatic hydroxyl groups is 1. The van der Waals surface area contributed by atoms with Crippen molar-refractivity contribution in [3.05, 3.63) is 24.3 Å². The number of aromatic nitrogens is 3. The largest absolute Gasteiger partial charge is 0.396 e. The Morgan fingerprint density at radius 2 is 2.19 bits per heavy atom. The van der Waals surface area contributed by atoms with Crippen molar-refractivity contribution in [3.63, 3.8) is 0 Å². The van der Waals surface area contributed by atoms with E-state index < -0.39 is 0 Å². The van der Waals surface area contributed by atoms with E-state index in [2.05, 4.69) is 22.3 Å². The number of hydrogen-bond acceptors (Lipinski definition) is 5. The monoisotopic (exact) mass is 251 g/mol. The Hall–Kier alpha value is -1.11. The van der Waals surface area contributed by atoms with E-state index in [-0.39, 0.29) is 6.61 Å². The number of rotatable bonds is 3. The number of hydrogen-bond donors (Lipinski definition) is 1. The lowest BCUT2D eigenvalue weighted by molar-refractivity contribution is 0.322. The fraction of sp³-hybridized carbons (Fsp3) is 0.200. The van der Waals surface area contributed by atoms with E-state index in [0.29, 0.717) is 5.75 Å². The Kier molecular flexibility index (Phi) is 2.55. The Morgan fingerprint density at radius 3 is 3.06 bits per heavy atom. The minimum absolute atomic E-state index is 0.154. The molecule has 16 heavy (non-hydrogen) atoms. The molecule has 82 valence electrons. The second-order valence-corrected chi connectivity index (χ2v) is 5.31. The molecule has 0 bridgehead atoms. The van der Waals surface area contributed by atoms with Crippen molar-refractivity contribution in [2.75, 3.05) is 12.4 Å². The van der Waals surface area contributed by atoms with Crippen molar-refractivity contribution >= 4 is 38.3 Å². The van der Waals surface area contributed by atoms with Gasteiger partial charge in [-0.15, -0.1) is 10.2 Å². The van der Waals surface area contributed by atoms with E-state index in [4.69, 9.17) is 5.11 Å². The number of thiazole rings is 1. The summed E-state index contributed by atoms with van der Waals surface area (Å²) in [5.74, 6) is 0.644. The molecule has 0 amide bonds. The third kappa shape index (κ3) is 1.50. The first-order valence-corrected chi connectivity index (χ1v) is 6.66. The molecule has 0 saturated heterocycles. The minimum atomic E-state index is 0.154. The molecule has 0 unspecified atom stereocenters. The third-order valence-corrected chi connectivity index (χ3v) is 4.15. The molecular formula is C10H9N3OS2. The first kappa shape index (κ1) is 10.1. The van der Waals surface area contributed by atoms with E-state index in [0.717, 1.165) is 15.6 Å². The highest BCUT2D eigenvalue weighted by Crippen LogP contribution is 2.29. The fourth-order valence-electron chi connectivity index (χ4n) is 1.59. The maximum absolute atomic E-state index is 8.83. The van der Waals surface area contributed by atoms with Crippen molar-refractivity contribution in [3.8, 4) is 0 Å². The summed E-state index contributed by atoms with van der Waals surface area (Å²) < 4.78 is 3.25. The minimum Gasteiger partial charge on any atom is -0.396 e. The predicted octanol–water partition coefficient (Wildman–Crippen LogP) is 2.03. The molecule has 0 aliphatic rings. The third-order valence-electron chi connectivity index (χ3n) is 2.23. The molecule has 3 rings (SSSR count). The van der Waals surface area contributed by atoms with Gasteiger partial charge in [0.2, 0.25) is 4.96 Å². The molecule has 2 aromatic heterocycles. The van der Waals surface area contributed by atoms with Gasteiger partial charge in [-0.1, -0.05) is 35.2 Å². The van der Waals surface area contributed by atoms with Gasteiger partial charge in [-0.25, -0.2) is 0 Å². The van der Waals surface area contributed by atoms with Crippen LogP contribution in [0.2, 0.25) is 0 Å². The van der Waals surface area contributed by atoms with E-state index in [1.54, 1.807) is 11.3 Å². The van der Waals surface area contributed by atoms with Gasteiger partial charge in [0, 0.05) is 5.75 Å². The molecule has 6 heteroatoms. The van der Waals surface area contributed by atoms with Gasteiger partial charge in [0.15, 0.2) is 5.16 Å². The molecule has 0 saturated carbocycles. The Balaban J connectivity index is 2.22. The zero-order chi connectivity index (χ0) is 11.0. The van der Waals surface area contributed by atoms with Crippen LogP contribution >= 0.6 is 23.1 Å². The Labute approximate surface area is 99.9 Å². The van der Waals surface area contributed by atoms with Crippen LogP contribution in [0.25, 0.3) is 15.2 Å². The van der Waals surface area contributed by atoms with Gasteiger partial charge in [0.05, 0.1) is 16.8 Å². The van der Waals surface area contributed by atoms with Crippen LogP contribution in [0.1, 0.15) is 0 Å². The molecule has 4 nitrogen and oxygen atoms in total. The number of para-hydroxylation sites is 1. The van der Waals surface area contributed by atoms with E-state index in [9.17, 15) is 0 Å². The molecule has 0 aliphatic heterocycles. The lowest BCUT2D eigenvalue weighted by atomic mass is 10.3. The zero-order valence-corrected chi connectivity index (χ0v) is 9.96. The van der Waals surface area contributed by atoms with Crippen LogP contribution in [0.15, 0.2) is 29.4 Å². The Bertz CT molecular complexity index is 631. The summed E-state index contributed by atoms with van der Waals surface area (Å²) in [5, 5.41) is 17.9. The SMILES string of the molecule is OCCSc1nnc2sc3ccccc3n12. The first-order valence-electron chi connectivity index (χ1n) is 4.86. The topological polar surface area (TPSA) is 50.4 Å². The summed E-state index contributed by atoms with van der Waals surface area (Å²) >= 11 is 3.15. The molecule has 2 heterocycles. The maximum atomic E-state index is 8.83. The van der Waals surface area contributed by atoms with Crippen LogP contribution in [0, 0.1) is 0 Å². The lowest BCUT2D eigenvalue weighted by Gasteiger charge is -1.96. The molecule has 1 aromatic carbocycles. The highest BCUT2D eigenvalue weighted by Gasteiger charge is 2.11. The summed E-state index contributed by atoms with van der Waals surface area (Å²) in [6.07, 6.45) is 0. The summed E-state index contributed by atoms with van der Waals surface area (Å²) in [7, 11) is 0. The molecule has 0 radical (unpaired) electrons. The highest BCUT2D eigenvalue weighted by molar-refractivity contribution is 7.99. The van der Waals surface area contributed by atoms with Gasteiger partial charge in [-0.05, 0) is 12.1 Å². The molecule has 0 spiro atoms. The molecule has 0 aliphatic carbocycles. The average molecular weight is 251 g/mol. The second kappa shape index (κ2) is 4.04. The molecule has 0 fully saturated rings. The zero-order valence-electron chi connectivity index (χ0n) is 8.33. The molecule has 0 atom stereocenters. The summed E-state index contributed by atoms with van der Waals surface area (Å²) in [5.41, 5.74) is 1.13. The van der Waals surface area contributed by atoms with Gasteiger partial charge in [-0.2, -0.15) is 0 Å². The first-order chi connectivity index (χ1) is 7.90. The number of fused-ring (bicyclic) bond motifs is 3. The quantitative estimate of drug-likeness (QED) is 0.724. The lowest BCUT2D eigenvalue weighted by Crippen LogP contribution is -1.90. The van der Waals surface area contributed by atoms with E-state index >= 15 is 0 Å². The van der Waals surface area contributed by atoms with E-state index in [1.165, 1.54) is 16.5 Å².